The third-order valence-corrected chi connectivity index (χ3v) is 7.16. The first-order valence-corrected chi connectivity index (χ1v) is 12.8. The van der Waals surface area contributed by atoms with Gasteiger partial charge in [0.15, 0.2) is 5.82 Å². The minimum atomic E-state index is 0.621. The molecular weight excluding hydrogens is 476 g/mol. The fourth-order valence-electron chi connectivity index (χ4n) is 5.44. The van der Waals surface area contributed by atoms with Crippen molar-refractivity contribution in [2.24, 2.45) is 0 Å². The molecule has 7 rings (SSSR count). The quantitative estimate of drug-likeness (QED) is 0.245. The van der Waals surface area contributed by atoms with E-state index >= 15 is 0 Å². The second-order valence-corrected chi connectivity index (χ2v) is 9.41. The van der Waals surface area contributed by atoms with Crippen molar-refractivity contribution in [1.29, 1.82) is 5.26 Å². The SMILES string of the molecule is N#Cc1ccc(-n2c3ccccc3c3ccccc32)c(-c2ccccc2-c2cccc(-c3ncccn3)c2)c1. The maximum atomic E-state index is 9.85. The van der Waals surface area contributed by atoms with Gasteiger partial charge in [-0.3, -0.25) is 0 Å². The first-order valence-electron chi connectivity index (χ1n) is 12.8. The summed E-state index contributed by atoms with van der Waals surface area (Å²) < 4.78 is 2.31. The van der Waals surface area contributed by atoms with Gasteiger partial charge in [-0.05, 0) is 59.2 Å². The summed E-state index contributed by atoms with van der Waals surface area (Å²) in [4.78, 5) is 8.88. The highest BCUT2D eigenvalue weighted by molar-refractivity contribution is 6.10. The van der Waals surface area contributed by atoms with Crippen LogP contribution < -0.4 is 0 Å². The molecule has 2 aromatic heterocycles. The molecule has 0 aliphatic heterocycles. The minimum Gasteiger partial charge on any atom is -0.309 e. The summed E-state index contributed by atoms with van der Waals surface area (Å²) in [6, 6.07) is 43.8. The highest BCUT2D eigenvalue weighted by Crippen LogP contribution is 2.40. The van der Waals surface area contributed by atoms with Crippen LogP contribution in [0.2, 0.25) is 0 Å². The molecule has 182 valence electrons. The number of para-hydroxylation sites is 2. The van der Waals surface area contributed by atoms with E-state index in [1.54, 1.807) is 12.4 Å². The van der Waals surface area contributed by atoms with Gasteiger partial charge in [0.05, 0.1) is 28.4 Å². The Balaban J connectivity index is 1.50. The Kier molecular flexibility index (Phi) is 5.46. The molecule has 0 amide bonds. The van der Waals surface area contributed by atoms with Gasteiger partial charge in [0.25, 0.3) is 0 Å². The molecule has 4 nitrogen and oxygen atoms in total. The maximum Gasteiger partial charge on any atom is 0.159 e. The zero-order valence-corrected chi connectivity index (χ0v) is 21.0. The number of hydrogen-bond donors (Lipinski definition) is 0. The summed E-state index contributed by atoms with van der Waals surface area (Å²) in [5, 5.41) is 12.3. The van der Waals surface area contributed by atoms with Crippen LogP contribution in [0.1, 0.15) is 5.56 Å². The Bertz CT molecular complexity index is 1980. The van der Waals surface area contributed by atoms with E-state index in [4.69, 9.17) is 0 Å². The van der Waals surface area contributed by atoms with Crippen LogP contribution in [0.5, 0.6) is 0 Å². The van der Waals surface area contributed by atoms with Crippen LogP contribution in [0, 0.1) is 11.3 Å². The first-order chi connectivity index (χ1) is 19.3. The summed E-state index contributed by atoms with van der Waals surface area (Å²) in [6.07, 6.45) is 3.52. The van der Waals surface area contributed by atoms with Gasteiger partial charge in [0.1, 0.15) is 0 Å². The number of nitrogens with zero attached hydrogens (tertiary/aromatic N) is 4. The Morgan fingerprint density at radius 1 is 0.538 bits per heavy atom. The molecule has 0 radical (unpaired) electrons. The molecule has 0 unspecified atom stereocenters. The summed E-state index contributed by atoms with van der Waals surface area (Å²) >= 11 is 0. The molecule has 5 aromatic carbocycles. The normalized spacial score (nSPS) is 11.1. The average molecular weight is 499 g/mol. The minimum absolute atomic E-state index is 0.621. The molecule has 0 aliphatic rings. The molecule has 0 saturated carbocycles. The highest BCUT2D eigenvalue weighted by atomic mass is 15.0. The van der Waals surface area contributed by atoms with E-state index in [0.717, 1.165) is 44.5 Å². The highest BCUT2D eigenvalue weighted by Gasteiger charge is 2.18. The molecule has 0 aliphatic carbocycles. The zero-order chi connectivity index (χ0) is 26.2. The van der Waals surface area contributed by atoms with Gasteiger partial charge in [0.2, 0.25) is 0 Å². The monoisotopic (exact) mass is 498 g/mol. The van der Waals surface area contributed by atoms with Gasteiger partial charge in [0, 0.05) is 34.3 Å². The lowest BCUT2D eigenvalue weighted by molar-refractivity contribution is 1.18. The first kappa shape index (κ1) is 22.7. The second kappa shape index (κ2) is 9.41. The van der Waals surface area contributed by atoms with Crippen molar-refractivity contribution < 1.29 is 0 Å². The molecule has 39 heavy (non-hydrogen) atoms. The maximum absolute atomic E-state index is 9.85. The van der Waals surface area contributed by atoms with E-state index in [1.807, 2.05) is 30.3 Å². The largest absolute Gasteiger partial charge is 0.309 e. The molecular formula is C35H22N4. The van der Waals surface area contributed by atoms with E-state index < -0.39 is 0 Å². The van der Waals surface area contributed by atoms with Crippen molar-refractivity contribution in [1.82, 2.24) is 14.5 Å². The van der Waals surface area contributed by atoms with Crippen molar-refractivity contribution in [3.05, 3.63) is 139 Å². The van der Waals surface area contributed by atoms with Crippen molar-refractivity contribution in [3.63, 3.8) is 0 Å². The smallest absolute Gasteiger partial charge is 0.159 e. The number of hydrogen-bond acceptors (Lipinski definition) is 3. The summed E-state index contributed by atoms with van der Waals surface area (Å²) in [6.45, 7) is 0. The zero-order valence-electron chi connectivity index (χ0n) is 21.0. The molecule has 0 spiro atoms. The van der Waals surface area contributed by atoms with E-state index in [9.17, 15) is 5.26 Å². The second-order valence-electron chi connectivity index (χ2n) is 9.41. The van der Waals surface area contributed by atoms with Gasteiger partial charge in [-0.1, -0.05) is 78.9 Å². The predicted molar refractivity (Wildman–Crippen MR) is 157 cm³/mol. The average Bonchev–Trinajstić information content (AvgIpc) is 3.35. The third kappa shape index (κ3) is 3.85. The van der Waals surface area contributed by atoms with Gasteiger partial charge >= 0.3 is 0 Å². The molecule has 4 heteroatoms. The molecule has 2 heterocycles. The summed E-state index contributed by atoms with van der Waals surface area (Å²) in [5.74, 6) is 0.689. The lowest BCUT2D eigenvalue weighted by Gasteiger charge is -2.17. The molecule has 0 fully saturated rings. The molecule has 0 atom stereocenters. The van der Waals surface area contributed by atoms with Crippen LogP contribution in [-0.4, -0.2) is 14.5 Å². The number of benzene rings is 5. The molecule has 7 aromatic rings. The topological polar surface area (TPSA) is 54.5 Å². The van der Waals surface area contributed by atoms with Crippen LogP contribution in [0.15, 0.2) is 134 Å². The Hall–Kier alpha value is -5.53. The van der Waals surface area contributed by atoms with Gasteiger partial charge in [-0.15, -0.1) is 0 Å². The molecule has 0 saturated heterocycles. The Morgan fingerprint density at radius 3 is 1.90 bits per heavy atom. The van der Waals surface area contributed by atoms with E-state index in [2.05, 4.69) is 112 Å². The number of fused-ring (bicyclic) bond motifs is 3. The predicted octanol–water partition coefficient (Wildman–Crippen LogP) is 8.45. The molecule has 0 N–H and O–H groups in total. The summed E-state index contributed by atoms with van der Waals surface area (Å²) in [7, 11) is 0. The van der Waals surface area contributed by atoms with E-state index in [1.165, 1.54) is 10.8 Å². The summed E-state index contributed by atoms with van der Waals surface area (Å²) in [5.41, 5.74) is 9.05. The fourth-order valence-corrected chi connectivity index (χ4v) is 5.44. The van der Waals surface area contributed by atoms with Crippen molar-refractivity contribution in [3.8, 4) is 45.4 Å². The van der Waals surface area contributed by atoms with Gasteiger partial charge in [-0.25, -0.2) is 9.97 Å². The lowest BCUT2D eigenvalue weighted by Crippen LogP contribution is -1.99. The standard InChI is InChI=1S/C35H22N4/c36-23-24-17-18-34(39-32-15-5-3-13-29(32)30-14-4-6-16-33(30)39)31(21-24)28-12-2-1-11-27(28)25-9-7-10-26(22-25)35-37-19-8-20-38-35/h1-22H. The number of aromatic nitrogens is 3. The third-order valence-electron chi connectivity index (χ3n) is 7.16. The fraction of sp³-hybridized carbons (Fsp3) is 0. The Labute approximate surface area is 226 Å². The van der Waals surface area contributed by atoms with E-state index in [-0.39, 0.29) is 0 Å². The van der Waals surface area contributed by atoms with Crippen molar-refractivity contribution >= 4 is 21.8 Å². The van der Waals surface area contributed by atoms with E-state index in [0.29, 0.717) is 11.4 Å². The van der Waals surface area contributed by atoms with Crippen molar-refractivity contribution in [2.45, 2.75) is 0 Å². The van der Waals surface area contributed by atoms with Crippen LogP contribution in [0.25, 0.3) is 61.1 Å². The van der Waals surface area contributed by atoms with Crippen LogP contribution in [0.3, 0.4) is 0 Å². The van der Waals surface area contributed by atoms with Crippen LogP contribution in [-0.2, 0) is 0 Å². The number of nitriles is 1. The van der Waals surface area contributed by atoms with Crippen molar-refractivity contribution in [2.75, 3.05) is 0 Å². The number of rotatable bonds is 4. The lowest BCUT2D eigenvalue weighted by atomic mass is 9.91. The van der Waals surface area contributed by atoms with Gasteiger partial charge < -0.3 is 4.57 Å². The Morgan fingerprint density at radius 2 is 1.18 bits per heavy atom. The van der Waals surface area contributed by atoms with Crippen LogP contribution >= 0.6 is 0 Å². The van der Waals surface area contributed by atoms with Crippen LogP contribution in [0.4, 0.5) is 0 Å². The molecule has 0 bridgehead atoms. The van der Waals surface area contributed by atoms with Gasteiger partial charge in [-0.2, -0.15) is 5.26 Å².